The SMILES string of the molecule is CCc1nccn1-c1cc(Cl)ccc1NP(=O)(O)c1ccc(C(C)(C)C)cc1. The minimum atomic E-state index is -3.83. The van der Waals surface area contributed by atoms with Crippen LogP contribution in [0.1, 0.15) is 39.1 Å². The molecule has 5 nitrogen and oxygen atoms in total. The molecule has 0 amide bonds. The highest BCUT2D eigenvalue weighted by molar-refractivity contribution is 7.67. The molecule has 3 rings (SSSR count). The van der Waals surface area contributed by atoms with Crippen LogP contribution < -0.4 is 10.4 Å². The Balaban J connectivity index is 1.98. The molecule has 1 heterocycles. The Morgan fingerprint density at radius 1 is 1.18 bits per heavy atom. The summed E-state index contributed by atoms with van der Waals surface area (Å²) in [7, 11) is -3.83. The van der Waals surface area contributed by atoms with Crippen molar-refractivity contribution in [3.63, 3.8) is 0 Å². The number of imidazole rings is 1. The molecule has 0 saturated heterocycles. The maximum absolute atomic E-state index is 13.1. The average molecular weight is 418 g/mol. The zero-order chi connectivity index (χ0) is 20.5. The second-order valence-electron chi connectivity index (χ2n) is 7.71. The Labute approximate surface area is 170 Å². The first-order chi connectivity index (χ1) is 13.1. The predicted octanol–water partition coefficient (Wildman–Crippen LogP) is 5.31. The standard InChI is InChI=1S/C21H25ClN3O2P/c1-5-20-23-12-13-25(20)19-14-16(22)8-11-18(19)24-28(26,27)17-9-6-15(7-10-17)21(2,3)4/h6-14H,5H2,1-4H3,(H2,24,26,27). The van der Waals surface area contributed by atoms with Crippen molar-refractivity contribution in [3.8, 4) is 5.69 Å². The molecule has 7 heteroatoms. The summed E-state index contributed by atoms with van der Waals surface area (Å²) < 4.78 is 15.0. The molecule has 0 saturated carbocycles. The van der Waals surface area contributed by atoms with E-state index in [0.29, 0.717) is 21.7 Å². The molecule has 0 radical (unpaired) electrons. The Bertz CT molecular complexity index is 1020. The maximum Gasteiger partial charge on any atom is 0.321 e. The molecule has 1 unspecified atom stereocenters. The highest BCUT2D eigenvalue weighted by Crippen LogP contribution is 2.42. The minimum absolute atomic E-state index is 0.0211. The van der Waals surface area contributed by atoms with Crippen LogP contribution in [0.2, 0.25) is 5.02 Å². The monoisotopic (exact) mass is 417 g/mol. The van der Waals surface area contributed by atoms with Gasteiger partial charge in [0, 0.05) is 23.8 Å². The third-order valence-electron chi connectivity index (χ3n) is 4.61. The van der Waals surface area contributed by atoms with Gasteiger partial charge in [0.2, 0.25) is 0 Å². The molecule has 0 aliphatic carbocycles. The smallest absolute Gasteiger partial charge is 0.321 e. The van der Waals surface area contributed by atoms with Gasteiger partial charge in [-0.05, 0) is 41.3 Å². The number of aromatic nitrogens is 2. The molecule has 148 valence electrons. The van der Waals surface area contributed by atoms with Crippen molar-refractivity contribution in [1.29, 1.82) is 0 Å². The molecule has 1 aromatic heterocycles. The van der Waals surface area contributed by atoms with Crippen LogP contribution in [0.4, 0.5) is 5.69 Å². The number of anilines is 1. The van der Waals surface area contributed by atoms with Crippen LogP contribution in [0.25, 0.3) is 5.69 Å². The molecule has 28 heavy (non-hydrogen) atoms. The van der Waals surface area contributed by atoms with E-state index in [0.717, 1.165) is 17.8 Å². The van der Waals surface area contributed by atoms with Crippen LogP contribution in [0.3, 0.4) is 0 Å². The van der Waals surface area contributed by atoms with Crippen molar-refractivity contribution in [2.75, 3.05) is 5.09 Å². The van der Waals surface area contributed by atoms with E-state index >= 15 is 0 Å². The van der Waals surface area contributed by atoms with Crippen LogP contribution in [0, 0.1) is 0 Å². The maximum atomic E-state index is 13.1. The highest BCUT2D eigenvalue weighted by Gasteiger charge is 2.24. The first-order valence-electron chi connectivity index (χ1n) is 9.16. The van der Waals surface area contributed by atoms with Crippen LogP contribution >= 0.6 is 19.1 Å². The molecule has 0 spiro atoms. The molecule has 2 aromatic carbocycles. The summed E-state index contributed by atoms with van der Waals surface area (Å²) >= 11 is 6.18. The van der Waals surface area contributed by atoms with Gasteiger partial charge in [0.05, 0.1) is 16.7 Å². The van der Waals surface area contributed by atoms with Gasteiger partial charge in [-0.25, -0.2) is 4.98 Å². The molecule has 3 aromatic rings. The van der Waals surface area contributed by atoms with Crippen molar-refractivity contribution >= 4 is 30.1 Å². The summed E-state index contributed by atoms with van der Waals surface area (Å²) in [6.45, 7) is 8.32. The van der Waals surface area contributed by atoms with E-state index in [1.165, 1.54) is 0 Å². The fraction of sp³-hybridized carbons (Fsp3) is 0.286. The number of hydrogen-bond donors (Lipinski definition) is 2. The first-order valence-corrected chi connectivity index (χ1v) is 11.2. The summed E-state index contributed by atoms with van der Waals surface area (Å²) in [6, 6.07) is 12.4. The summed E-state index contributed by atoms with van der Waals surface area (Å²) in [6.07, 6.45) is 4.24. The normalized spacial score (nSPS) is 13.9. The van der Waals surface area contributed by atoms with Crippen molar-refractivity contribution in [2.24, 2.45) is 0 Å². The second-order valence-corrected chi connectivity index (χ2v) is 10.0. The van der Waals surface area contributed by atoms with Crippen LogP contribution in [-0.4, -0.2) is 14.4 Å². The van der Waals surface area contributed by atoms with Gasteiger partial charge in [0.1, 0.15) is 5.82 Å². The quantitative estimate of drug-likeness (QED) is 0.552. The van der Waals surface area contributed by atoms with Crippen molar-refractivity contribution in [3.05, 3.63) is 71.3 Å². The fourth-order valence-electron chi connectivity index (χ4n) is 3.01. The molecule has 0 aliphatic heterocycles. The fourth-order valence-corrected chi connectivity index (χ4v) is 4.37. The van der Waals surface area contributed by atoms with E-state index < -0.39 is 7.52 Å². The first kappa shape index (κ1) is 20.7. The molecular formula is C21H25ClN3O2P. The number of rotatable bonds is 5. The number of aryl methyl sites for hydroxylation is 1. The van der Waals surface area contributed by atoms with Gasteiger partial charge in [-0.3, -0.25) is 4.57 Å². The number of nitrogens with zero attached hydrogens (tertiary/aromatic N) is 2. The highest BCUT2D eigenvalue weighted by atomic mass is 35.5. The summed E-state index contributed by atoms with van der Waals surface area (Å²) in [4.78, 5) is 15.1. The Kier molecular flexibility index (Phi) is 5.72. The number of nitrogens with one attached hydrogen (secondary N) is 1. The lowest BCUT2D eigenvalue weighted by atomic mass is 9.87. The largest absolute Gasteiger partial charge is 0.326 e. The van der Waals surface area contributed by atoms with Gasteiger partial charge in [0.25, 0.3) is 0 Å². The van der Waals surface area contributed by atoms with Gasteiger partial charge in [-0.1, -0.05) is 51.4 Å². The van der Waals surface area contributed by atoms with Crippen molar-refractivity contribution in [2.45, 2.75) is 39.5 Å². The van der Waals surface area contributed by atoms with Crippen molar-refractivity contribution < 1.29 is 9.46 Å². The molecule has 0 bridgehead atoms. The Morgan fingerprint density at radius 2 is 1.86 bits per heavy atom. The van der Waals surface area contributed by atoms with Gasteiger partial charge >= 0.3 is 7.52 Å². The van der Waals surface area contributed by atoms with Crippen LogP contribution in [0.15, 0.2) is 54.9 Å². The average Bonchev–Trinajstić information content (AvgIpc) is 3.11. The van der Waals surface area contributed by atoms with Gasteiger partial charge < -0.3 is 14.5 Å². The van der Waals surface area contributed by atoms with Gasteiger partial charge in [-0.15, -0.1) is 0 Å². The van der Waals surface area contributed by atoms with E-state index in [2.05, 4.69) is 30.8 Å². The Morgan fingerprint density at radius 3 is 2.46 bits per heavy atom. The molecular weight excluding hydrogens is 393 g/mol. The minimum Gasteiger partial charge on any atom is -0.326 e. The molecule has 2 N–H and O–H groups in total. The second kappa shape index (κ2) is 7.75. The Hall–Kier alpha value is -2.07. The third kappa shape index (κ3) is 4.33. The van der Waals surface area contributed by atoms with E-state index in [1.54, 1.807) is 36.5 Å². The third-order valence-corrected chi connectivity index (χ3v) is 6.39. The number of benzene rings is 2. The molecule has 1 atom stereocenters. The van der Waals surface area contributed by atoms with Crippen molar-refractivity contribution in [1.82, 2.24) is 9.55 Å². The topological polar surface area (TPSA) is 67.2 Å². The lowest BCUT2D eigenvalue weighted by Gasteiger charge is -2.21. The van der Waals surface area contributed by atoms with Gasteiger partial charge in [-0.2, -0.15) is 0 Å². The summed E-state index contributed by atoms with van der Waals surface area (Å²) in [5.74, 6) is 0.840. The lowest BCUT2D eigenvalue weighted by Crippen LogP contribution is -2.16. The molecule has 0 fully saturated rings. The predicted molar refractivity (Wildman–Crippen MR) is 116 cm³/mol. The lowest BCUT2D eigenvalue weighted by molar-refractivity contribution is 0.495. The van der Waals surface area contributed by atoms with Crippen LogP contribution in [-0.2, 0) is 16.4 Å². The number of halogens is 1. The van der Waals surface area contributed by atoms with E-state index in [1.807, 2.05) is 29.8 Å². The van der Waals surface area contributed by atoms with Crippen LogP contribution in [0.5, 0.6) is 0 Å². The zero-order valence-corrected chi connectivity index (χ0v) is 18.1. The van der Waals surface area contributed by atoms with Gasteiger partial charge in [0.15, 0.2) is 0 Å². The molecule has 0 aliphatic rings. The van der Waals surface area contributed by atoms with E-state index in [4.69, 9.17) is 11.6 Å². The van der Waals surface area contributed by atoms with E-state index in [9.17, 15) is 9.46 Å². The van der Waals surface area contributed by atoms with E-state index in [-0.39, 0.29) is 5.41 Å². The zero-order valence-electron chi connectivity index (χ0n) is 16.5. The number of hydrogen-bond acceptors (Lipinski definition) is 2. The summed E-state index contributed by atoms with van der Waals surface area (Å²) in [5.41, 5.74) is 2.28. The summed E-state index contributed by atoms with van der Waals surface area (Å²) in [5, 5.41) is 3.72.